The Morgan fingerprint density at radius 2 is 2.25 bits per heavy atom. The summed E-state index contributed by atoms with van der Waals surface area (Å²) in [5, 5.41) is 6.57. The van der Waals surface area contributed by atoms with Crippen molar-refractivity contribution in [1.82, 2.24) is 20.2 Å². The number of hydrogen-bond acceptors (Lipinski definition) is 4. The third kappa shape index (κ3) is 1.12. The molecule has 0 fully saturated rings. The van der Waals surface area contributed by atoms with Crippen molar-refractivity contribution in [3.63, 3.8) is 0 Å². The van der Waals surface area contributed by atoms with Crippen LogP contribution in [0.4, 0.5) is 5.82 Å². The Kier molecular flexibility index (Phi) is 1.48. The molecule has 0 amide bonds. The lowest BCUT2D eigenvalue weighted by Gasteiger charge is -1.95. The van der Waals surface area contributed by atoms with E-state index in [-0.39, 0.29) is 0 Å². The number of aromatic amines is 1. The van der Waals surface area contributed by atoms with Gasteiger partial charge in [0.25, 0.3) is 0 Å². The summed E-state index contributed by atoms with van der Waals surface area (Å²) in [5.74, 6) is 0.405. The molecule has 60 valence electrons. The highest BCUT2D eigenvalue weighted by atomic mass is 15.1. The van der Waals surface area contributed by atoms with Gasteiger partial charge >= 0.3 is 0 Å². The van der Waals surface area contributed by atoms with Gasteiger partial charge in [0.05, 0.1) is 18.1 Å². The molecule has 0 aliphatic heterocycles. The second kappa shape index (κ2) is 2.61. The van der Waals surface area contributed by atoms with Gasteiger partial charge in [0.1, 0.15) is 11.5 Å². The van der Waals surface area contributed by atoms with Gasteiger partial charge in [-0.15, -0.1) is 0 Å². The molecule has 0 atom stereocenters. The van der Waals surface area contributed by atoms with Gasteiger partial charge in [-0.1, -0.05) is 0 Å². The largest absolute Gasteiger partial charge is 0.382 e. The maximum atomic E-state index is 5.46. The average Bonchev–Trinajstić information content (AvgIpc) is 2.56. The number of rotatable bonds is 1. The van der Waals surface area contributed by atoms with E-state index in [2.05, 4.69) is 20.2 Å². The monoisotopic (exact) mass is 161 g/mol. The van der Waals surface area contributed by atoms with Crippen molar-refractivity contribution < 1.29 is 0 Å². The van der Waals surface area contributed by atoms with Crippen molar-refractivity contribution in [2.45, 2.75) is 0 Å². The number of nitrogens with zero attached hydrogens (tertiary/aromatic N) is 3. The topological polar surface area (TPSA) is 80.5 Å². The van der Waals surface area contributed by atoms with Crippen LogP contribution in [0.15, 0.2) is 24.7 Å². The van der Waals surface area contributed by atoms with Crippen molar-refractivity contribution in [2.75, 3.05) is 5.73 Å². The molecule has 12 heavy (non-hydrogen) atoms. The van der Waals surface area contributed by atoms with Crippen molar-refractivity contribution in [2.24, 2.45) is 0 Å². The summed E-state index contributed by atoms with van der Waals surface area (Å²) in [6.45, 7) is 0. The van der Waals surface area contributed by atoms with E-state index in [0.717, 1.165) is 5.69 Å². The quantitative estimate of drug-likeness (QED) is 0.636. The minimum Gasteiger partial charge on any atom is -0.382 e. The lowest BCUT2D eigenvalue weighted by Crippen LogP contribution is -1.93. The van der Waals surface area contributed by atoms with Crippen molar-refractivity contribution >= 4 is 5.82 Å². The number of anilines is 1. The normalized spacial score (nSPS) is 10.0. The fourth-order valence-corrected chi connectivity index (χ4v) is 0.909. The van der Waals surface area contributed by atoms with E-state index >= 15 is 0 Å². The van der Waals surface area contributed by atoms with Crippen LogP contribution >= 0.6 is 0 Å². The molecule has 5 nitrogen and oxygen atoms in total. The maximum absolute atomic E-state index is 5.46. The molecule has 0 radical (unpaired) electrons. The summed E-state index contributed by atoms with van der Waals surface area (Å²) in [6.07, 6.45) is 4.78. The van der Waals surface area contributed by atoms with Gasteiger partial charge in [0.15, 0.2) is 0 Å². The number of hydrogen-bond donors (Lipinski definition) is 2. The molecule has 2 heterocycles. The molecule has 2 aromatic rings. The van der Waals surface area contributed by atoms with Crippen molar-refractivity contribution in [1.29, 1.82) is 0 Å². The van der Waals surface area contributed by atoms with Gasteiger partial charge in [0, 0.05) is 6.20 Å². The first-order valence-corrected chi connectivity index (χ1v) is 3.43. The third-order valence-corrected chi connectivity index (χ3v) is 1.43. The Bertz CT molecular complexity index is 367. The van der Waals surface area contributed by atoms with Crippen LogP contribution in [0.5, 0.6) is 0 Å². The molecule has 3 N–H and O–H groups in total. The first-order valence-electron chi connectivity index (χ1n) is 3.43. The lowest BCUT2D eigenvalue weighted by molar-refractivity contribution is 1.08. The summed E-state index contributed by atoms with van der Waals surface area (Å²) >= 11 is 0. The minimum atomic E-state index is 0.405. The number of nitrogen functional groups attached to an aromatic ring is 1. The molecule has 2 aromatic heterocycles. The zero-order valence-electron chi connectivity index (χ0n) is 6.23. The van der Waals surface area contributed by atoms with Gasteiger partial charge in [-0.05, 0) is 6.07 Å². The van der Waals surface area contributed by atoms with E-state index in [4.69, 9.17) is 5.73 Å². The van der Waals surface area contributed by atoms with Crippen LogP contribution in [-0.4, -0.2) is 20.2 Å². The summed E-state index contributed by atoms with van der Waals surface area (Å²) in [7, 11) is 0. The Morgan fingerprint density at radius 3 is 2.92 bits per heavy atom. The van der Waals surface area contributed by atoms with E-state index in [1.54, 1.807) is 12.4 Å². The molecule has 5 heteroatoms. The van der Waals surface area contributed by atoms with Crippen LogP contribution in [-0.2, 0) is 0 Å². The highest BCUT2D eigenvalue weighted by molar-refractivity contribution is 5.53. The van der Waals surface area contributed by atoms with Gasteiger partial charge in [-0.2, -0.15) is 5.10 Å². The fraction of sp³-hybridized carbons (Fsp3) is 0. The molecule has 0 saturated heterocycles. The predicted molar refractivity (Wildman–Crippen MR) is 44.0 cm³/mol. The Morgan fingerprint density at radius 1 is 1.33 bits per heavy atom. The zero-order valence-corrected chi connectivity index (χ0v) is 6.23. The van der Waals surface area contributed by atoms with Crippen LogP contribution in [0, 0.1) is 0 Å². The molecular formula is C7H7N5. The molecular weight excluding hydrogens is 154 g/mol. The summed E-state index contributed by atoms with van der Waals surface area (Å²) in [6, 6.07) is 1.81. The zero-order chi connectivity index (χ0) is 8.39. The Balaban J connectivity index is 2.48. The van der Waals surface area contributed by atoms with Crippen LogP contribution < -0.4 is 5.73 Å². The average molecular weight is 161 g/mol. The van der Waals surface area contributed by atoms with Gasteiger partial charge < -0.3 is 5.73 Å². The summed E-state index contributed by atoms with van der Waals surface area (Å²) in [4.78, 5) is 7.96. The van der Waals surface area contributed by atoms with Crippen LogP contribution in [0.2, 0.25) is 0 Å². The summed E-state index contributed by atoms with van der Waals surface area (Å²) < 4.78 is 0. The van der Waals surface area contributed by atoms with Crippen LogP contribution in [0.25, 0.3) is 11.4 Å². The Hall–Kier alpha value is -1.91. The van der Waals surface area contributed by atoms with Gasteiger partial charge in [0.2, 0.25) is 0 Å². The molecule has 0 unspecified atom stereocenters. The molecule has 0 spiro atoms. The van der Waals surface area contributed by atoms with Gasteiger partial charge in [-0.3, -0.25) is 10.1 Å². The predicted octanol–water partition coefficient (Wildman–Crippen LogP) is 0.449. The van der Waals surface area contributed by atoms with E-state index in [0.29, 0.717) is 11.5 Å². The van der Waals surface area contributed by atoms with Crippen LogP contribution in [0.3, 0.4) is 0 Å². The van der Waals surface area contributed by atoms with E-state index in [1.165, 1.54) is 6.20 Å². The second-order valence-electron chi connectivity index (χ2n) is 2.30. The number of H-pyrrole nitrogens is 1. The number of aromatic nitrogens is 4. The van der Waals surface area contributed by atoms with Crippen molar-refractivity contribution in [3.8, 4) is 11.4 Å². The molecule has 0 aliphatic carbocycles. The minimum absolute atomic E-state index is 0.405. The molecule has 0 saturated carbocycles. The van der Waals surface area contributed by atoms with Crippen LogP contribution in [0.1, 0.15) is 0 Å². The summed E-state index contributed by atoms with van der Waals surface area (Å²) in [5.41, 5.74) is 6.97. The van der Waals surface area contributed by atoms with Crippen molar-refractivity contribution in [3.05, 3.63) is 24.7 Å². The molecule has 0 aliphatic rings. The van der Waals surface area contributed by atoms with E-state index < -0.39 is 0 Å². The molecule has 0 aromatic carbocycles. The molecule has 0 bridgehead atoms. The smallest absolute Gasteiger partial charge is 0.142 e. The number of nitrogens with two attached hydrogens (primary N) is 1. The Labute approximate surface area is 68.7 Å². The number of nitrogens with one attached hydrogen (secondary N) is 1. The second-order valence-corrected chi connectivity index (χ2v) is 2.30. The molecule has 2 rings (SSSR count). The lowest BCUT2D eigenvalue weighted by atomic mass is 10.3. The van der Waals surface area contributed by atoms with Gasteiger partial charge in [-0.25, -0.2) is 4.98 Å². The highest BCUT2D eigenvalue weighted by Crippen LogP contribution is 2.11. The van der Waals surface area contributed by atoms with E-state index in [1.807, 2.05) is 6.07 Å². The van der Waals surface area contributed by atoms with E-state index in [9.17, 15) is 0 Å². The fourth-order valence-electron chi connectivity index (χ4n) is 0.909. The standard InChI is InChI=1S/C7H7N5/c8-7-4-9-3-6(11-7)5-1-2-10-12-5/h1-4H,(H2,8,11)(H,10,12). The first kappa shape index (κ1) is 6.78. The first-order chi connectivity index (χ1) is 5.86. The third-order valence-electron chi connectivity index (χ3n) is 1.43. The highest BCUT2D eigenvalue weighted by Gasteiger charge is 1.99. The SMILES string of the molecule is Nc1cncc(-c2ccn[nH]2)n1. The maximum Gasteiger partial charge on any atom is 0.142 e.